The molecule has 2 aromatic carbocycles. The number of aliphatic hydroxyl groups excluding tert-OH is 1. The van der Waals surface area contributed by atoms with Crippen molar-refractivity contribution in [1.29, 1.82) is 0 Å². The molecule has 0 radical (unpaired) electrons. The van der Waals surface area contributed by atoms with E-state index in [1.165, 1.54) is 0 Å². The van der Waals surface area contributed by atoms with Gasteiger partial charge in [-0.3, -0.25) is 9.59 Å². The fourth-order valence-corrected chi connectivity index (χ4v) is 3.96. The van der Waals surface area contributed by atoms with E-state index in [-0.39, 0.29) is 28.9 Å². The van der Waals surface area contributed by atoms with Crippen LogP contribution in [0.15, 0.2) is 48.5 Å². The summed E-state index contributed by atoms with van der Waals surface area (Å²) in [6, 6.07) is 14.3. The Morgan fingerprint density at radius 3 is 2.44 bits per heavy atom. The topological polar surface area (TPSA) is 66.4 Å². The normalized spacial score (nSPS) is 21.4. The van der Waals surface area contributed by atoms with Crippen LogP contribution in [0, 0.1) is 11.3 Å². The summed E-state index contributed by atoms with van der Waals surface area (Å²) >= 11 is 5.98. The number of anilines is 1. The van der Waals surface area contributed by atoms with Gasteiger partial charge in [0.05, 0.1) is 5.92 Å². The van der Waals surface area contributed by atoms with Crippen LogP contribution in [0.1, 0.15) is 49.0 Å². The lowest BCUT2D eigenvalue weighted by Crippen LogP contribution is -2.19. The van der Waals surface area contributed by atoms with Crippen LogP contribution in [-0.2, 0) is 4.79 Å². The van der Waals surface area contributed by atoms with Crippen LogP contribution in [0.3, 0.4) is 0 Å². The summed E-state index contributed by atoms with van der Waals surface area (Å²) in [5, 5.41) is 13.2. The third-order valence-electron chi connectivity index (χ3n) is 5.45. The first-order valence-corrected chi connectivity index (χ1v) is 9.52. The van der Waals surface area contributed by atoms with Crippen molar-refractivity contribution in [3.63, 3.8) is 0 Å². The molecule has 1 aliphatic carbocycles. The van der Waals surface area contributed by atoms with Gasteiger partial charge in [0.2, 0.25) is 5.91 Å². The molecule has 5 heteroatoms. The van der Waals surface area contributed by atoms with Gasteiger partial charge in [0, 0.05) is 22.2 Å². The smallest absolute Gasteiger partial charge is 0.228 e. The lowest BCUT2D eigenvalue weighted by atomic mass is 9.99. The number of carbonyl (C=O) groups is 2. The highest BCUT2D eigenvalue weighted by Gasteiger charge is 2.62. The number of nitrogens with one attached hydrogen (secondary N) is 1. The van der Waals surface area contributed by atoms with Crippen molar-refractivity contribution in [3.05, 3.63) is 64.7 Å². The van der Waals surface area contributed by atoms with E-state index >= 15 is 0 Å². The zero-order chi connectivity index (χ0) is 19.8. The Balaban J connectivity index is 1.73. The minimum absolute atomic E-state index is 0.0335. The summed E-state index contributed by atoms with van der Waals surface area (Å²) in [4.78, 5) is 24.8. The van der Waals surface area contributed by atoms with E-state index in [0.29, 0.717) is 22.7 Å². The second-order valence-electron chi connectivity index (χ2n) is 7.69. The van der Waals surface area contributed by atoms with Crippen LogP contribution >= 0.6 is 11.6 Å². The molecule has 1 saturated carbocycles. The van der Waals surface area contributed by atoms with E-state index in [9.17, 15) is 14.7 Å². The van der Waals surface area contributed by atoms with Crippen LogP contribution in [0.5, 0.6) is 0 Å². The Labute approximate surface area is 164 Å². The minimum Gasteiger partial charge on any atom is -0.385 e. The van der Waals surface area contributed by atoms with Crippen molar-refractivity contribution >= 4 is 29.0 Å². The molecule has 0 bridgehead atoms. The molecule has 0 aromatic heterocycles. The first-order valence-electron chi connectivity index (χ1n) is 9.14. The average molecular weight is 386 g/mol. The highest BCUT2D eigenvalue weighted by Crippen LogP contribution is 2.64. The van der Waals surface area contributed by atoms with Gasteiger partial charge in [0.25, 0.3) is 0 Å². The van der Waals surface area contributed by atoms with Gasteiger partial charge < -0.3 is 10.4 Å². The summed E-state index contributed by atoms with van der Waals surface area (Å²) in [6.07, 6.45) is -0.577. The van der Waals surface area contributed by atoms with Gasteiger partial charge >= 0.3 is 0 Å². The number of aliphatic hydroxyl groups is 1. The molecule has 1 amide bonds. The number of hydrogen-bond donors (Lipinski definition) is 2. The van der Waals surface area contributed by atoms with Crippen LogP contribution in [-0.4, -0.2) is 22.9 Å². The third-order valence-corrected chi connectivity index (χ3v) is 5.68. The maximum absolute atomic E-state index is 12.7. The summed E-state index contributed by atoms with van der Waals surface area (Å²) in [6.45, 7) is 5.91. The van der Waals surface area contributed by atoms with E-state index in [1.807, 2.05) is 18.2 Å². The van der Waals surface area contributed by atoms with Gasteiger partial charge in [0.1, 0.15) is 6.10 Å². The maximum Gasteiger partial charge on any atom is 0.228 e. The van der Waals surface area contributed by atoms with Crippen molar-refractivity contribution in [3.8, 4) is 0 Å². The number of halogens is 1. The molecule has 27 heavy (non-hydrogen) atoms. The highest BCUT2D eigenvalue weighted by atomic mass is 35.5. The van der Waals surface area contributed by atoms with Crippen LogP contribution in [0.4, 0.5) is 5.69 Å². The number of benzene rings is 2. The third kappa shape index (κ3) is 3.92. The fraction of sp³-hybridized carbons (Fsp3) is 0.364. The maximum atomic E-state index is 12.7. The lowest BCUT2D eigenvalue weighted by Gasteiger charge is -2.08. The van der Waals surface area contributed by atoms with E-state index in [2.05, 4.69) is 19.2 Å². The molecule has 4 nitrogen and oxygen atoms in total. The van der Waals surface area contributed by atoms with Gasteiger partial charge in [-0.2, -0.15) is 0 Å². The van der Waals surface area contributed by atoms with E-state index in [1.54, 1.807) is 37.3 Å². The Kier molecular flexibility index (Phi) is 5.41. The molecule has 3 unspecified atom stereocenters. The number of amides is 1. The Hall–Kier alpha value is -2.17. The molecule has 0 saturated heterocycles. The Morgan fingerprint density at radius 2 is 1.85 bits per heavy atom. The van der Waals surface area contributed by atoms with Crippen molar-refractivity contribution in [2.75, 3.05) is 5.32 Å². The quantitative estimate of drug-likeness (QED) is 0.710. The number of Topliss-reactive ketones (excluding diaryl/α,β-unsaturated/α-hetero) is 1. The molecule has 3 atom stereocenters. The van der Waals surface area contributed by atoms with Crippen molar-refractivity contribution in [2.24, 2.45) is 11.3 Å². The number of rotatable bonds is 6. The van der Waals surface area contributed by atoms with E-state index in [4.69, 9.17) is 11.6 Å². The number of hydrogen-bond acceptors (Lipinski definition) is 3. The second-order valence-corrected chi connectivity index (χ2v) is 8.12. The number of carbonyl (C=O) groups excluding carboxylic acids is 2. The molecular formula is C22H24ClNO3. The van der Waals surface area contributed by atoms with Gasteiger partial charge in [-0.15, -0.1) is 0 Å². The fourth-order valence-electron chi connectivity index (χ4n) is 3.77. The monoisotopic (exact) mass is 385 g/mol. The van der Waals surface area contributed by atoms with Crippen LogP contribution < -0.4 is 5.32 Å². The molecule has 2 N–H and O–H groups in total. The zero-order valence-electron chi connectivity index (χ0n) is 15.7. The standard InChI is InChI=1S/C22H24ClNO3/c1-4-17(25)20(26)14-10-8-13(9-11-14)18-19(22(18,2)3)21(27)24-16-7-5-6-15(23)12-16/h5-12,17-19,25H,4H2,1-3H3,(H,24,27). The molecule has 1 fully saturated rings. The van der Waals surface area contributed by atoms with Gasteiger partial charge in [0.15, 0.2) is 5.78 Å². The van der Waals surface area contributed by atoms with Crippen LogP contribution in [0.2, 0.25) is 5.02 Å². The number of ketones is 1. The molecule has 2 aromatic rings. The van der Waals surface area contributed by atoms with Gasteiger partial charge in [-0.25, -0.2) is 0 Å². The molecule has 142 valence electrons. The summed E-state index contributed by atoms with van der Waals surface area (Å²) in [5.41, 5.74) is 2.03. The van der Waals surface area contributed by atoms with Crippen molar-refractivity contribution < 1.29 is 14.7 Å². The molecular weight excluding hydrogens is 362 g/mol. The molecule has 0 spiro atoms. The van der Waals surface area contributed by atoms with Gasteiger partial charge in [-0.1, -0.05) is 62.7 Å². The van der Waals surface area contributed by atoms with Gasteiger partial charge in [-0.05, 0) is 35.6 Å². The summed E-state index contributed by atoms with van der Waals surface area (Å²) in [5.74, 6) is -0.376. The second kappa shape index (κ2) is 7.45. The predicted molar refractivity (Wildman–Crippen MR) is 107 cm³/mol. The highest BCUT2D eigenvalue weighted by molar-refractivity contribution is 6.30. The zero-order valence-corrected chi connectivity index (χ0v) is 16.5. The lowest BCUT2D eigenvalue weighted by molar-refractivity contribution is -0.118. The van der Waals surface area contributed by atoms with E-state index < -0.39 is 6.10 Å². The molecule has 1 aliphatic rings. The van der Waals surface area contributed by atoms with Crippen molar-refractivity contribution in [1.82, 2.24) is 0 Å². The Bertz CT molecular complexity index is 860. The summed E-state index contributed by atoms with van der Waals surface area (Å²) < 4.78 is 0. The Morgan fingerprint density at radius 1 is 1.19 bits per heavy atom. The first-order chi connectivity index (χ1) is 12.8. The minimum atomic E-state index is -0.968. The average Bonchev–Trinajstić information content (AvgIpc) is 3.22. The van der Waals surface area contributed by atoms with Crippen molar-refractivity contribution in [2.45, 2.75) is 39.2 Å². The summed E-state index contributed by atoms with van der Waals surface area (Å²) in [7, 11) is 0. The molecule has 3 rings (SSSR count). The first kappa shape index (κ1) is 19.6. The van der Waals surface area contributed by atoms with E-state index in [0.717, 1.165) is 5.56 Å². The SMILES string of the molecule is CCC(O)C(=O)c1ccc(C2C(C(=O)Nc3cccc(Cl)c3)C2(C)C)cc1. The largest absolute Gasteiger partial charge is 0.385 e. The predicted octanol–water partition coefficient (Wildman–Crippen LogP) is 4.67. The molecule has 0 heterocycles. The molecule has 0 aliphatic heterocycles. The van der Waals surface area contributed by atoms with Crippen LogP contribution in [0.25, 0.3) is 0 Å².